The van der Waals surface area contributed by atoms with Crippen LogP contribution in [0.15, 0.2) is 47.7 Å². The molecular formula is C20H30N6O. The van der Waals surface area contributed by atoms with E-state index in [0.29, 0.717) is 0 Å². The molecule has 146 valence electrons. The molecule has 1 aromatic carbocycles. The van der Waals surface area contributed by atoms with Gasteiger partial charge in [0, 0.05) is 63.9 Å². The standard InChI is InChI=1S/C20H30N6O/c1-3-21-20(22-10-4-12-26-13-5-11-23-26)25-16-14-24(15-17-25)18-6-8-19(27-2)9-7-18/h5-9,11,13H,3-4,10,12,14-17H2,1-2H3,(H,21,22). The van der Waals surface area contributed by atoms with E-state index in [-0.39, 0.29) is 0 Å². The number of ether oxygens (including phenoxy) is 1. The van der Waals surface area contributed by atoms with Gasteiger partial charge < -0.3 is 19.9 Å². The molecule has 0 atom stereocenters. The van der Waals surface area contributed by atoms with E-state index < -0.39 is 0 Å². The summed E-state index contributed by atoms with van der Waals surface area (Å²) in [6.45, 7) is 8.63. The highest BCUT2D eigenvalue weighted by atomic mass is 16.5. The molecule has 0 saturated carbocycles. The maximum Gasteiger partial charge on any atom is 0.194 e. The number of rotatable bonds is 7. The molecule has 27 heavy (non-hydrogen) atoms. The second-order valence-corrected chi connectivity index (χ2v) is 6.53. The Morgan fingerprint density at radius 3 is 2.59 bits per heavy atom. The van der Waals surface area contributed by atoms with Crippen LogP contribution in [-0.2, 0) is 6.54 Å². The van der Waals surface area contributed by atoms with Gasteiger partial charge in [-0.3, -0.25) is 9.67 Å². The van der Waals surface area contributed by atoms with E-state index in [0.717, 1.165) is 63.9 Å². The Morgan fingerprint density at radius 2 is 1.96 bits per heavy atom. The fraction of sp³-hybridized carbons (Fsp3) is 0.500. The zero-order chi connectivity index (χ0) is 18.9. The number of nitrogens with zero attached hydrogens (tertiary/aromatic N) is 5. The minimum atomic E-state index is 0.806. The van der Waals surface area contributed by atoms with Crippen LogP contribution in [0.25, 0.3) is 0 Å². The van der Waals surface area contributed by atoms with Crippen LogP contribution in [0.5, 0.6) is 5.75 Å². The number of nitrogens with one attached hydrogen (secondary N) is 1. The SMILES string of the molecule is CCNC(=NCCCn1cccn1)N1CCN(c2ccc(OC)cc2)CC1. The Morgan fingerprint density at radius 1 is 1.19 bits per heavy atom. The molecule has 2 aromatic rings. The number of hydrogen-bond acceptors (Lipinski definition) is 4. The number of methoxy groups -OCH3 is 1. The van der Waals surface area contributed by atoms with Crippen LogP contribution in [-0.4, -0.2) is 67.0 Å². The van der Waals surface area contributed by atoms with Crippen molar-refractivity contribution in [1.82, 2.24) is 20.0 Å². The van der Waals surface area contributed by atoms with Gasteiger partial charge in [-0.15, -0.1) is 0 Å². The lowest BCUT2D eigenvalue weighted by Gasteiger charge is -2.37. The van der Waals surface area contributed by atoms with Crippen LogP contribution in [0.4, 0.5) is 5.69 Å². The van der Waals surface area contributed by atoms with Crippen LogP contribution < -0.4 is 15.0 Å². The van der Waals surface area contributed by atoms with Crippen molar-refractivity contribution in [2.75, 3.05) is 51.3 Å². The number of hydrogen-bond donors (Lipinski definition) is 1. The Bertz CT molecular complexity index is 690. The first-order valence-corrected chi connectivity index (χ1v) is 9.70. The molecule has 1 saturated heterocycles. The Kier molecular flexibility index (Phi) is 6.96. The lowest BCUT2D eigenvalue weighted by molar-refractivity contribution is 0.372. The van der Waals surface area contributed by atoms with E-state index in [1.165, 1.54) is 5.69 Å². The molecular weight excluding hydrogens is 340 g/mol. The van der Waals surface area contributed by atoms with Crippen molar-refractivity contribution in [2.24, 2.45) is 4.99 Å². The number of anilines is 1. The van der Waals surface area contributed by atoms with Crippen molar-refractivity contribution < 1.29 is 4.74 Å². The smallest absolute Gasteiger partial charge is 0.194 e. The van der Waals surface area contributed by atoms with Crippen LogP contribution in [0.1, 0.15) is 13.3 Å². The van der Waals surface area contributed by atoms with E-state index in [1.807, 2.05) is 35.3 Å². The summed E-state index contributed by atoms with van der Waals surface area (Å²) in [6, 6.07) is 10.3. The van der Waals surface area contributed by atoms with E-state index in [2.05, 4.69) is 39.3 Å². The molecule has 2 heterocycles. The van der Waals surface area contributed by atoms with Crippen molar-refractivity contribution in [3.05, 3.63) is 42.7 Å². The average molecular weight is 371 g/mol. The molecule has 3 rings (SSSR count). The summed E-state index contributed by atoms with van der Waals surface area (Å²) < 4.78 is 7.20. The number of benzene rings is 1. The summed E-state index contributed by atoms with van der Waals surface area (Å²) in [5.74, 6) is 1.92. The second kappa shape index (κ2) is 9.85. The number of aliphatic imine (C=N–C) groups is 1. The monoisotopic (exact) mass is 370 g/mol. The third-order valence-corrected chi connectivity index (χ3v) is 4.72. The Balaban J connectivity index is 1.50. The molecule has 1 aromatic heterocycles. The predicted octanol–water partition coefficient (Wildman–Crippen LogP) is 2.07. The maximum atomic E-state index is 5.25. The molecule has 7 nitrogen and oxygen atoms in total. The first kappa shape index (κ1) is 19.1. The Hall–Kier alpha value is -2.70. The minimum Gasteiger partial charge on any atom is -0.497 e. The highest BCUT2D eigenvalue weighted by Crippen LogP contribution is 2.20. The van der Waals surface area contributed by atoms with E-state index in [9.17, 15) is 0 Å². The van der Waals surface area contributed by atoms with Crippen molar-refractivity contribution in [3.63, 3.8) is 0 Å². The van der Waals surface area contributed by atoms with Gasteiger partial charge in [0.15, 0.2) is 5.96 Å². The molecule has 1 aliphatic heterocycles. The summed E-state index contributed by atoms with van der Waals surface area (Å²) in [5.41, 5.74) is 1.25. The van der Waals surface area contributed by atoms with E-state index in [4.69, 9.17) is 9.73 Å². The van der Waals surface area contributed by atoms with Crippen LogP contribution in [0.3, 0.4) is 0 Å². The largest absolute Gasteiger partial charge is 0.497 e. The van der Waals surface area contributed by atoms with Crippen molar-refractivity contribution in [3.8, 4) is 5.75 Å². The number of aryl methyl sites for hydroxylation is 1. The van der Waals surface area contributed by atoms with Gasteiger partial charge in [0.25, 0.3) is 0 Å². The quantitative estimate of drug-likeness (QED) is 0.459. The van der Waals surface area contributed by atoms with E-state index in [1.54, 1.807) is 7.11 Å². The summed E-state index contributed by atoms with van der Waals surface area (Å²) in [7, 11) is 1.70. The molecule has 0 amide bonds. The third-order valence-electron chi connectivity index (χ3n) is 4.72. The van der Waals surface area contributed by atoms with Crippen LogP contribution in [0.2, 0.25) is 0 Å². The molecule has 1 fully saturated rings. The van der Waals surface area contributed by atoms with Crippen LogP contribution >= 0.6 is 0 Å². The van der Waals surface area contributed by atoms with Crippen molar-refractivity contribution >= 4 is 11.6 Å². The van der Waals surface area contributed by atoms with Gasteiger partial charge >= 0.3 is 0 Å². The Labute approximate surface area is 161 Å². The molecule has 0 spiro atoms. The second-order valence-electron chi connectivity index (χ2n) is 6.53. The van der Waals surface area contributed by atoms with E-state index >= 15 is 0 Å². The van der Waals surface area contributed by atoms with Gasteiger partial charge in [-0.25, -0.2) is 0 Å². The van der Waals surface area contributed by atoms with Crippen molar-refractivity contribution in [2.45, 2.75) is 19.9 Å². The summed E-state index contributed by atoms with van der Waals surface area (Å²) in [5, 5.41) is 7.67. The first-order valence-electron chi connectivity index (χ1n) is 9.70. The van der Waals surface area contributed by atoms with Gasteiger partial charge in [-0.2, -0.15) is 5.10 Å². The van der Waals surface area contributed by atoms with Crippen LogP contribution in [0, 0.1) is 0 Å². The third kappa shape index (κ3) is 5.39. The maximum absolute atomic E-state index is 5.25. The van der Waals surface area contributed by atoms with Gasteiger partial charge in [0.1, 0.15) is 5.75 Å². The predicted molar refractivity (Wildman–Crippen MR) is 110 cm³/mol. The molecule has 1 aliphatic rings. The highest BCUT2D eigenvalue weighted by molar-refractivity contribution is 5.80. The van der Waals surface area contributed by atoms with Gasteiger partial charge in [0.2, 0.25) is 0 Å². The minimum absolute atomic E-state index is 0.806. The number of aromatic nitrogens is 2. The fourth-order valence-electron chi connectivity index (χ4n) is 3.25. The normalized spacial score (nSPS) is 15.1. The fourth-order valence-corrected chi connectivity index (χ4v) is 3.25. The number of piperazine rings is 1. The summed E-state index contributed by atoms with van der Waals surface area (Å²) >= 11 is 0. The van der Waals surface area contributed by atoms with Gasteiger partial charge in [-0.05, 0) is 43.7 Å². The van der Waals surface area contributed by atoms with Crippen molar-refractivity contribution in [1.29, 1.82) is 0 Å². The molecule has 7 heteroatoms. The molecule has 0 radical (unpaired) electrons. The highest BCUT2D eigenvalue weighted by Gasteiger charge is 2.19. The lowest BCUT2D eigenvalue weighted by Crippen LogP contribution is -2.52. The van der Waals surface area contributed by atoms with Gasteiger partial charge in [0.05, 0.1) is 7.11 Å². The lowest BCUT2D eigenvalue weighted by atomic mass is 10.2. The zero-order valence-corrected chi connectivity index (χ0v) is 16.3. The topological polar surface area (TPSA) is 57.9 Å². The molecule has 0 bridgehead atoms. The van der Waals surface area contributed by atoms with Gasteiger partial charge in [-0.1, -0.05) is 0 Å². The number of guanidine groups is 1. The molecule has 0 aliphatic carbocycles. The summed E-state index contributed by atoms with van der Waals surface area (Å²) in [4.78, 5) is 9.58. The molecule has 0 unspecified atom stereocenters. The summed E-state index contributed by atoms with van der Waals surface area (Å²) in [6.07, 6.45) is 4.80. The first-order chi connectivity index (χ1) is 13.3. The zero-order valence-electron chi connectivity index (χ0n) is 16.3. The molecule has 1 N–H and O–H groups in total. The average Bonchev–Trinajstić information content (AvgIpc) is 3.24.